The van der Waals surface area contributed by atoms with Gasteiger partial charge in [0.2, 0.25) is 0 Å². The van der Waals surface area contributed by atoms with E-state index in [1.54, 1.807) is 15.7 Å². The molecular weight excluding hydrogens is 274 g/mol. The molecular formula is C14H29N3O2S. The maximum atomic E-state index is 12.7. The molecule has 0 saturated carbocycles. The van der Waals surface area contributed by atoms with E-state index in [0.29, 0.717) is 37.5 Å². The Morgan fingerprint density at radius 1 is 1.20 bits per heavy atom. The Bertz CT molecular complexity index is 397. The van der Waals surface area contributed by atoms with Crippen LogP contribution in [0.2, 0.25) is 0 Å². The van der Waals surface area contributed by atoms with Gasteiger partial charge in [-0.15, -0.1) is 0 Å². The molecule has 0 spiro atoms. The highest BCUT2D eigenvalue weighted by Crippen LogP contribution is 2.24. The summed E-state index contributed by atoms with van der Waals surface area (Å²) in [6.45, 7) is 7.20. The largest absolute Gasteiger partial charge is 0.313 e. The summed E-state index contributed by atoms with van der Waals surface area (Å²) in [4.78, 5) is 0. The lowest BCUT2D eigenvalue weighted by Crippen LogP contribution is -2.51. The molecule has 0 radical (unpaired) electrons. The van der Waals surface area contributed by atoms with Crippen LogP contribution in [0.15, 0.2) is 0 Å². The predicted molar refractivity (Wildman–Crippen MR) is 81.7 cm³/mol. The third-order valence-electron chi connectivity index (χ3n) is 4.45. The molecule has 0 bridgehead atoms. The summed E-state index contributed by atoms with van der Waals surface area (Å²) in [6.07, 6.45) is 4.60. The first kappa shape index (κ1) is 16.2. The molecule has 3 atom stereocenters. The van der Waals surface area contributed by atoms with E-state index in [9.17, 15) is 8.42 Å². The Morgan fingerprint density at radius 2 is 1.85 bits per heavy atom. The van der Waals surface area contributed by atoms with Crippen LogP contribution in [-0.4, -0.2) is 56.3 Å². The Labute approximate surface area is 123 Å². The predicted octanol–water partition coefficient (Wildman–Crippen LogP) is 1.28. The fourth-order valence-corrected chi connectivity index (χ4v) is 5.12. The number of likely N-dealkylation sites (N-methyl/N-ethyl adjacent to an activating group) is 1. The van der Waals surface area contributed by atoms with E-state index in [4.69, 9.17) is 0 Å². The molecule has 118 valence electrons. The summed E-state index contributed by atoms with van der Waals surface area (Å²) in [5, 5.41) is 3.42. The first-order valence-corrected chi connectivity index (χ1v) is 9.24. The molecule has 20 heavy (non-hydrogen) atoms. The van der Waals surface area contributed by atoms with Crippen molar-refractivity contribution in [2.24, 2.45) is 11.8 Å². The quantitative estimate of drug-likeness (QED) is 0.851. The maximum absolute atomic E-state index is 12.7. The van der Waals surface area contributed by atoms with E-state index in [1.807, 2.05) is 0 Å². The molecule has 3 unspecified atom stereocenters. The first-order chi connectivity index (χ1) is 9.39. The highest BCUT2D eigenvalue weighted by atomic mass is 32.2. The van der Waals surface area contributed by atoms with Gasteiger partial charge in [-0.25, -0.2) is 0 Å². The van der Waals surface area contributed by atoms with Crippen molar-refractivity contribution in [1.29, 1.82) is 0 Å². The Morgan fingerprint density at radius 3 is 2.40 bits per heavy atom. The van der Waals surface area contributed by atoms with Gasteiger partial charge in [0.25, 0.3) is 10.2 Å². The Kier molecular flexibility index (Phi) is 5.45. The number of nitrogens with one attached hydrogen (secondary N) is 1. The van der Waals surface area contributed by atoms with Gasteiger partial charge in [-0.05, 0) is 37.6 Å². The van der Waals surface area contributed by atoms with Crippen LogP contribution in [-0.2, 0) is 10.2 Å². The second kappa shape index (κ2) is 6.73. The number of piperidine rings is 2. The summed E-state index contributed by atoms with van der Waals surface area (Å²) >= 11 is 0. The van der Waals surface area contributed by atoms with Crippen LogP contribution < -0.4 is 5.32 Å². The maximum Gasteiger partial charge on any atom is 0.281 e. The monoisotopic (exact) mass is 303 g/mol. The molecule has 0 aromatic carbocycles. The molecule has 0 aliphatic carbocycles. The van der Waals surface area contributed by atoms with Crippen LogP contribution in [0.1, 0.15) is 39.5 Å². The molecule has 6 heteroatoms. The van der Waals surface area contributed by atoms with E-state index >= 15 is 0 Å². The molecule has 2 saturated heterocycles. The molecule has 2 rings (SSSR count). The van der Waals surface area contributed by atoms with Gasteiger partial charge in [0.1, 0.15) is 0 Å². The number of hydrogen-bond acceptors (Lipinski definition) is 3. The molecule has 2 aliphatic rings. The summed E-state index contributed by atoms with van der Waals surface area (Å²) in [5.41, 5.74) is 0. The van der Waals surface area contributed by atoms with Crippen molar-refractivity contribution in [3.8, 4) is 0 Å². The summed E-state index contributed by atoms with van der Waals surface area (Å²) in [7, 11) is -1.58. The SMILES string of the molecule is CC1CC(C)CN(S(=O)(=O)N(C)CC2CCCCN2)C1. The van der Waals surface area contributed by atoms with Crippen molar-refractivity contribution in [3.63, 3.8) is 0 Å². The zero-order valence-electron chi connectivity index (χ0n) is 13.0. The second-order valence-corrected chi connectivity index (χ2v) is 8.73. The van der Waals surface area contributed by atoms with Gasteiger partial charge in [0.05, 0.1) is 0 Å². The Hall–Kier alpha value is -0.170. The summed E-state index contributed by atoms with van der Waals surface area (Å²) < 4.78 is 28.6. The van der Waals surface area contributed by atoms with Crippen molar-refractivity contribution >= 4 is 10.2 Å². The molecule has 0 amide bonds. The van der Waals surface area contributed by atoms with Gasteiger partial charge in [-0.2, -0.15) is 17.0 Å². The molecule has 2 fully saturated rings. The van der Waals surface area contributed by atoms with Crippen molar-refractivity contribution in [2.75, 3.05) is 33.2 Å². The van der Waals surface area contributed by atoms with Gasteiger partial charge >= 0.3 is 0 Å². The van der Waals surface area contributed by atoms with Gasteiger partial charge in [0, 0.05) is 32.7 Å². The summed E-state index contributed by atoms with van der Waals surface area (Å²) in [5.74, 6) is 0.907. The van der Waals surface area contributed by atoms with Crippen molar-refractivity contribution in [1.82, 2.24) is 13.9 Å². The highest BCUT2D eigenvalue weighted by Gasteiger charge is 2.34. The van der Waals surface area contributed by atoms with Crippen molar-refractivity contribution < 1.29 is 8.42 Å². The van der Waals surface area contributed by atoms with Crippen LogP contribution in [0.3, 0.4) is 0 Å². The summed E-state index contributed by atoms with van der Waals surface area (Å²) in [6, 6.07) is 0.308. The van der Waals surface area contributed by atoms with Gasteiger partial charge in [-0.1, -0.05) is 20.3 Å². The van der Waals surface area contributed by atoms with E-state index < -0.39 is 10.2 Å². The minimum atomic E-state index is -3.30. The Balaban J connectivity index is 1.97. The molecule has 0 aromatic rings. The third kappa shape index (κ3) is 3.93. The van der Waals surface area contributed by atoms with E-state index in [1.165, 1.54) is 12.8 Å². The number of hydrogen-bond donors (Lipinski definition) is 1. The zero-order chi connectivity index (χ0) is 14.8. The van der Waals surface area contributed by atoms with E-state index in [-0.39, 0.29) is 0 Å². The van der Waals surface area contributed by atoms with Crippen LogP contribution in [0.5, 0.6) is 0 Å². The topological polar surface area (TPSA) is 52.7 Å². The van der Waals surface area contributed by atoms with Crippen LogP contribution >= 0.6 is 0 Å². The number of rotatable bonds is 4. The molecule has 0 aromatic heterocycles. The van der Waals surface area contributed by atoms with E-state index in [2.05, 4.69) is 19.2 Å². The fraction of sp³-hybridized carbons (Fsp3) is 1.00. The zero-order valence-corrected chi connectivity index (χ0v) is 13.8. The lowest BCUT2D eigenvalue weighted by molar-refractivity contribution is 0.209. The normalized spacial score (nSPS) is 33.5. The van der Waals surface area contributed by atoms with Gasteiger partial charge in [-0.3, -0.25) is 0 Å². The van der Waals surface area contributed by atoms with E-state index in [0.717, 1.165) is 19.4 Å². The van der Waals surface area contributed by atoms with Gasteiger partial charge < -0.3 is 5.32 Å². The second-order valence-electron chi connectivity index (χ2n) is 6.70. The lowest BCUT2D eigenvalue weighted by Gasteiger charge is -2.37. The van der Waals surface area contributed by atoms with Crippen LogP contribution in [0.25, 0.3) is 0 Å². The minimum Gasteiger partial charge on any atom is -0.313 e. The third-order valence-corrected chi connectivity index (χ3v) is 6.33. The molecule has 2 heterocycles. The average Bonchev–Trinajstić information content (AvgIpc) is 2.38. The highest BCUT2D eigenvalue weighted by molar-refractivity contribution is 7.86. The molecule has 5 nitrogen and oxygen atoms in total. The van der Waals surface area contributed by atoms with Crippen molar-refractivity contribution in [2.45, 2.75) is 45.6 Å². The van der Waals surface area contributed by atoms with Crippen LogP contribution in [0, 0.1) is 11.8 Å². The average molecular weight is 303 g/mol. The van der Waals surface area contributed by atoms with Crippen molar-refractivity contribution in [3.05, 3.63) is 0 Å². The first-order valence-electron chi connectivity index (χ1n) is 7.84. The molecule has 1 N–H and O–H groups in total. The minimum absolute atomic E-state index is 0.308. The molecule has 2 aliphatic heterocycles. The smallest absolute Gasteiger partial charge is 0.281 e. The fourth-order valence-electron chi connectivity index (χ4n) is 3.48. The van der Waals surface area contributed by atoms with Crippen LogP contribution in [0.4, 0.5) is 0 Å². The standard InChI is InChI=1S/C14H29N3O2S/c1-12-8-13(2)10-17(9-12)20(18,19)16(3)11-14-6-4-5-7-15-14/h12-15H,4-11H2,1-3H3. The number of nitrogens with zero attached hydrogens (tertiary/aromatic N) is 2. The lowest BCUT2D eigenvalue weighted by atomic mass is 9.94. The van der Waals surface area contributed by atoms with Gasteiger partial charge in [0.15, 0.2) is 0 Å².